The van der Waals surface area contributed by atoms with Crippen LogP contribution < -0.4 is 5.32 Å². The predicted octanol–water partition coefficient (Wildman–Crippen LogP) is 1.18. The minimum absolute atomic E-state index is 0.0448. The molecule has 1 aliphatic carbocycles. The predicted molar refractivity (Wildman–Crippen MR) is 68.1 cm³/mol. The standard InChI is InChI=1S/C13H27NO3/c1-4-5-11-6-13(11)14-7-12(15)9-17-10(2)8-16-3/h10-15H,4-9H2,1-3H3. The first-order chi connectivity index (χ1) is 8.17. The Morgan fingerprint density at radius 2 is 2.18 bits per heavy atom. The maximum Gasteiger partial charge on any atom is 0.0897 e. The molecule has 4 nitrogen and oxygen atoms in total. The fourth-order valence-corrected chi connectivity index (χ4v) is 2.09. The summed E-state index contributed by atoms with van der Waals surface area (Å²) in [5.41, 5.74) is 0. The van der Waals surface area contributed by atoms with Gasteiger partial charge < -0.3 is 19.9 Å². The quantitative estimate of drug-likeness (QED) is 0.607. The van der Waals surface area contributed by atoms with Crippen LogP contribution in [-0.4, -0.2) is 50.2 Å². The molecule has 0 amide bonds. The molecule has 0 radical (unpaired) electrons. The van der Waals surface area contributed by atoms with E-state index in [0.29, 0.717) is 25.8 Å². The van der Waals surface area contributed by atoms with Gasteiger partial charge in [-0.1, -0.05) is 13.3 Å². The molecule has 0 bridgehead atoms. The molecule has 1 fully saturated rings. The van der Waals surface area contributed by atoms with Gasteiger partial charge in [-0.2, -0.15) is 0 Å². The summed E-state index contributed by atoms with van der Waals surface area (Å²) >= 11 is 0. The zero-order valence-electron chi connectivity index (χ0n) is 11.3. The average molecular weight is 245 g/mol. The summed E-state index contributed by atoms with van der Waals surface area (Å²) in [6, 6.07) is 0.626. The van der Waals surface area contributed by atoms with Gasteiger partial charge in [0.1, 0.15) is 0 Å². The van der Waals surface area contributed by atoms with Crippen LogP contribution in [0.1, 0.15) is 33.1 Å². The molecular weight excluding hydrogens is 218 g/mol. The van der Waals surface area contributed by atoms with Gasteiger partial charge in [0.05, 0.1) is 25.4 Å². The molecule has 102 valence electrons. The van der Waals surface area contributed by atoms with Gasteiger partial charge in [0, 0.05) is 19.7 Å². The first-order valence-electron chi connectivity index (χ1n) is 6.69. The third kappa shape index (κ3) is 6.36. The molecule has 1 aliphatic rings. The summed E-state index contributed by atoms with van der Waals surface area (Å²) in [6.07, 6.45) is 3.44. The van der Waals surface area contributed by atoms with Gasteiger partial charge in [-0.15, -0.1) is 0 Å². The second-order valence-electron chi connectivity index (χ2n) is 5.05. The lowest BCUT2D eigenvalue weighted by Gasteiger charge is -2.16. The van der Waals surface area contributed by atoms with Crippen molar-refractivity contribution in [1.29, 1.82) is 0 Å². The minimum atomic E-state index is -0.419. The third-order valence-electron chi connectivity index (χ3n) is 3.17. The van der Waals surface area contributed by atoms with Crippen LogP contribution in [0.5, 0.6) is 0 Å². The van der Waals surface area contributed by atoms with E-state index in [4.69, 9.17) is 9.47 Å². The molecule has 0 heterocycles. The molecular formula is C13H27NO3. The monoisotopic (exact) mass is 245 g/mol. The lowest BCUT2D eigenvalue weighted by Crippen LogP contribution is -2.34. The lowest BCUT2D eigenvalue weighted by atomic mass is 10.2. The fraction of sp³-hybridized carbons (Fsp3) is 1.00. The molecule has 17 heavy (non-hydrogen) atoms. The van der Waals surface area contributed by atoms with E-state index in [1.165, 1.54) is 19.3 Å². The first kappa shape index (κ1) is 14.9. The first-order valence-corrected chi connectivity index (χ1v) is 6.69. The minimum Gasteiger partial charge on any atom is -0.389 e. The normalized spacial score (nSPS) is 26.8. The number of aliphatic hydroxyl groups is 1. The van der Waals surface area contributed by atoms with E-state index in [1.807, 2.05) is 6.92 Å². The van der Waals surface area contributed by atoms with Crippen LogP contribution in [0.25, 0.3) is 0 Å². The van der Waals surface area contributed by atoms with Crippen LogP contribution in [0.3, 0.4) is 0 Å². The number of aliphatic hydroxyl groups excluding tert-OH is 1. The Balaban J connectivity index is 1.96. The van der Waals surface area contributed by atoms with Gasteiger partial charge in [-0.25, -0.2) is 0 Å². The fourth-order valence-electron chi connectivity index (χ4n) is 2.09. The van der Waals surface area contributed by atoms with Crippen molar-refractivity contribution in [3.63, 3.8) is 0 Å². The van der Waals surface area contributed by atoms with E-state index >= 15 is 0 Å². The third-order valence-corrected chi connectivity index (χ3v) is 3.17. The van der Waals surface area contributed by atoms with Crippen molar-refractivity contribution in [3.8, 4) is 0 Å². The number of hydrogen-bond donors (Lipinski definition) is 2. The van der Waals surface area contributed by atoms with Crippen molar-refractivity contribution in [1.82, 2.24) is 5.32 Å². The molecule has 4 unspecified atom stereocenters. The van der Waals surface area contributed by atoms with E-state index < -0.39 is 6.10 Å². The molecule has 0 aromatic rings. The summed E-state index contributed by atoms with van der Waals surface area (Å²) in [7, 11) is 1.65. The van der Waals surface area contributed by atoms with Crippen molar-refractivity contribution in [2.24, 2.45) is 5.92 Å². The van der Waals surface area contributed by atoms with Crippen LogP contribution in [-0.2, 0) is 9.47 Å². The molecule has 0 saturated heterocycles. The topological polar surface area (TPSA) is 50.7 Å². The lowest BCUT2D eigenvalue weighted by molar-refractivity contribution is -0.0311. The van der Waals surface area contributed by atoms with Crippen LogP contribution in [0.2, 0.25) is 0 Å². The van der Waals surface area contributed by atoms with Crippen molar-refractivity contribution in [3.05, 3.63) is 0 Å². The highest BCUT2D eigenvalue weighted by atomic mass is 16.5. The highest BCUT2D eigenvalue weighted by Gasteiger charge is 2.35. The second kappa shape index (κ2) is 8.03. The zero-order chi connectivity index (χ0) is 12.7. The Hall–Kier alpha value is -0.160. The van der Waals surface area contributed by atoms with Gasteiger partial charge in [0.2, 0.25) is 0 Å². The number of ether oxygens (including phenoxy) is 2. The molecule has 1 saturated carbocycles. The van der Waals surface area contributed by atoms with Gasteiger partial charge in [0.15, 0.2) is 0 Å². The molecule has 0 aromatic heterocycles. The Labute approximate surface area is 105 Å². The SMILES string of the molecule is CCCC1CC1NCC(O)COC(C)COC. The van der Waals surface area contributed by atoms with Crippen molar-refractivity contribution < 1.29 is 14.6 Å². The smallest absolute Gasteiger partial charge is 0.0897 e. The average Bonchev–Trinajstić information content (AvgIpc) is 3.03. The molecule has 0 aliphatic heterocycles. The van der Waals surface area contributed by atoms with Crippen LogP contribution >= 0.6 is 0 Å². The number of nitrogens with one attached hydrogen (secondary N) is 1. The maximum absolute atomic E-state index is 9.73. The second-order valence-corrected chi connectivity index (χ2v) is 5.05. The highest BCUT2D eigenvalue weighted by molar-refractivity contribution is 4.92. The molecule has 4 atom stereocenters. The van der Waals surface area contributed by atoms with Gasteiger partial charge in [-0.3, -0.25) is 0 Å². The summed E-state index contributed by atoms with van der Waals surface area (Å²) in [5, 5.41) is 13.1. The zero-order valence-corrected chi connectivity index (χ0v) is 11.3. The Morgan fingerprint density at radius 1 is 1.41 bits per heavy atom. The van der Waals surface area contributed by atoms with Crippen molar-refractivity contribution in [2.75, 3.05) is 26.9 Å². The molecule has 1 rings (SSSR count). The van der Waals surface area contributed by atoms with Crippen molar-refractivity contribution in [2.45, 2.75) is 51.4 Å². The largest absolute Gasteiger partial charge is 0.389 e. The molecule has 2 N–H and O–H groups in total. The summed E-state index contributed by atoms with van der Waals surface area (Å²) in [5.74, 6) is 0.834. The van der Waals surface area contributed by atoms with E-state index in [0.717, 1.165) is 5.92 Å². The highest BCUT2D eigenvalue weighted by Crippen LogP contribution is 2.34. The van der Waals surface area contributed by atoms with E-state index in [9.17, 15) is 5.11 Å². The Morgan fingerprint density at radius 3 is 2.82 bits per heavy atom. The van der Waals surface area contributed by atoms with Crippen LogP contribution in [0.4, 0.5) is 0 Å². The van der Waals surface area contributed by atoms with Crippen LogP contribution in [0.15, 0.2) is 0 Å². The summed E-state index contributed by atoms with van der Waals surface area (Å²) in [6.45, 7) is 5.74. The Bertz CT molecular complexity index is 201. The maximum atomic E-state index is 9.73. The Kier molecular flexibility index (Phi) is 7.04. The molecule has 0 aromatic carbocycles. The molecule has 0 spiro atoms. The van der Waals surface area contributed by atoms with Gasteiger partial charge >= 0.3 is 0 Å². The summed E-state index contributed by atoms with van der Waals surface area (Å²) < 4.78 is 10.4. The number of hydrogen-bond acceptors (Lipinski definition) is 4. The molecule has 4 heteroatoms. The van der Waals surface area contributed by atoms with E-state index in [2.05, 4.69) is 12.2 Å². The number of rotatable bonds is 10. The van der Waals surface area contributed by atoms with E-state index in [-0.39, 0.29) is 6.10 Å². The van der Waals surface area contributed by atoms with E-state index in [1.54, 1.807) is 7.11 Å². The number of methoxy groups -OCH3 is 1. The van der Waals surface area contributed by atoms with Crippen molar-refractivity contribution >= 4 is 0 Å². The summed E-state index contributed by atoms with van der Waals surface area (Å²) in [4.78, 5) is 0. The van der Waals surface area contributed by atoms with Crippen LogP contribution in [0, 0.1) is 5.92 Å². The van der Waals surface area contributed by atoms with Gasteiger partial charge in [-0.05, 0) is 25.7 Å². The van der Waals surface area contributed by atoms with Gasteiger partial charge in [0.25, 0.3) is 0 Å².